The van der Waals surface area contributed by atoms with Crippen molar-refractivity contribution in [3.63, 3.8) is 0 Å². The van der Waals surface area contributed by atoms with Crippen molar-refractivity contribution < 1.29 is 14.3 Å². The maximum atomic E-state index is 13.6. The molecule has 1 aromatic carbocycles. The minimum Gasteiger partial charge on any atom is -0.491 e. The van der Waals surface area contributed by atoms with E-state index >= 15 is 0 Å². The second kappa shape index (κ2) is 12.6. The Labute approximate surface area is 215 Å². The van der Waals surface area contributed by atoms with Crippen molar-refractivity contribution in [2.75, 3.05) is 26.2 Å². The molecule has 0 fully saturated rings. The van der Waals surface area contributed by atoms with Gasteiger partial charge in [0.2, 0.25) is 11.8 Å². The summed E-state index contributed by atoms with van der Waals surface area (Å²) in [5.74, 6) is 2.11. The molecule has 35 heavy (non-hydrogen) atoms. The van der Waals surface area contributed by atoms with Gasteiger partial charge in [-0.1, -0.05) is 53.7 Å². The van der Waals surface area contributed by atoms with Gasteiger partial charge in [0.1, 0.15) is 12.4 Å². The molecular formula is C29H42N2O3S. The molecule has 0 N–H and O–H groups in total. The van der Waals surface area contributed by atoms with Crippen molar-refractivity contribution in [2.45, 2.75) is 72.8 Å². The predicted molar refractivity (Wildman–Crippen MR) is 144 cm³/mol. The number of fused-ring (bicyclic) bond motifs is 1. The van der Waals surface area contributed by atoms with Crippen molar-refractivity contribution in [3.05, 3.63) is 51.7 Å². The number of thiophene rings is 1. The van der Waals surface area contributed by atoms with E-state index in [1.807, 2.05) is 30.9 Å². The number of benzene rings is 1. The molecule has 192 valence electrons. The van der Waals surface area contributed by atoms with Crippen molar-refractivity contribution in [1.29, 1.82) is 0 Å². The molecule has 0 bridgehead atoms. The molecule has 0 radical (unpaired) electrons. The van der Waals surface area contributed by atoms with Crippen LogP contribution in [0.4, 0.5) is 0 Å². The second-order valence-corrected chi connectivity index (χ2v) is 11.8. The molecule has 2 aromatic rings. The Morgan fingerprint density at radius 1 is 1.06 bits per heavy atom. The third-order valence-electron chi connectivity index (χ3n) is 6.61. The van der Waals surface area contributed by atoms with E-state index in [-0.39, 0.29) is 30.3 Å². The fourth-order valence-electron chi connectivity index (χ4n) is 4.44. The number of carbonyl (C=O) groups excluding carboxylic acids is 2. The van der Waals surface area contributed by atoms with Crippen LogP contribution in [-0.2, 0) is 16.0 Å². The third-order valence-corrected chi connectivity index (χ3v) is 7.60. The molecule has 0 unspecified atom stereocenters. The van der Waals surface area contributed by atoms with Gasteiger partial charge in [-0.3, -0.25) is 9.59 Å². The van der Waals surface area contributed by atoms with Crippen LogP contribution in [0.25, 0.3) is 0 Å². The Balaban J connectivity index is 1.74. The number of hydrogen-bond acceptors (Lipinski definition) is 4. The summed E-state index contributed by atoms with van der Waals surface area (Å²) in [6, 6.07) is 10.2. The van der Waals surface area contributed by atoms with E-state index in [1.165, 1.54) is 16.0 Å². The van der Waals surface area contributed by atoms with Gasteiger partial charge >= 0.3 is 0 Å². The zero-order valence-electron chi connectivity index (χ0n) is 22.3. The Morgan fingerprint density at radius 3 is 2.40 bits per heavy atom. The monoisotopic (exact) mass is 498 g/mol. The maximum Gasteiger partial charge on any atom is 0.242 e. The fourth-order valence-corrected chi connectivity index (χ4v) is 5.37. The van der Waals surface area contributed by atoms with Gasteiger partial charge in [-0.15, -0.1) is 11.3 Å². The average molecular weight is 499 g/mol. The molecule has 0 saturated heterocycles. The fraction of sp³-hybridized carbons (Fsp3) is 0.586. The van der Waals surface area contributed by atoms with Crippen LogP contribution >= 0.6 is 11.3 Å². The van der Waals surface area contributed by atoms with Gasteiger partial charge in [0.25, 0.3) is 0 Å². The summed E-state index contributed by atoms with van der Waals surface area (Å²) < 4.78 is 6.20. The minimum atomic E-state index is -0.144. The quantitative estimate of drug-likeness (QED) is 0.365. The van der Waals surface area contributed by atoms with E-state index in [2.05, 4.69) is 51.3 Å². The normalized spacial score (nSPS) is 15.6. The number of nitrogens with zero attached hydrogens (tertiary/aromatic N) is 2. The maximum absolute atomic E-state index is 13.6. The summed E-state index contributed by atoms with van der Waals surface area (Å²) in [6.45, 7) is 14.6. The van der Waals surface area contributed by atoms with Gasteiger partial charge in [-0.25, -0.2) is 0 Å². The van der Waals surface area contributed by atoms with Crippen LogP contribution in [0.3, 0.4) is 0 Å². The first-order chi connectivity index (χ1) is 16.7. The molecule has 2 amide bonds. The van der Waals surface area contributed by atoms with Gasteiger partial charge in [0, 0.05) is 24.4 Å². The number of rotatable bonds is 11. The van der Waals surface area contributed by atoms with E-state index in [4.69, 9.17) is 4.74 Å². The number of carbonyl (C=O) groups is 2. The molecule has 1 aromatic heterocycles. The number of ether oxygens (including phenoxy) is 1. The lowest BCUT2D eigenvalue weighted by Gasteiger charge is -2.37. The molecule has 0 aliphatic carbocycles. The summed E-state index contributed by atoms with van der Waals surface area (Å²) in [4.78, 5) is 31.6. The van der Waals surface area contributed by atoms with Crippen molar-refractivity contribution in [1.82, 2.24) is 9.80 Å². The summed E-state index contributed by atoms with van der Waals surface area (Å²) in [5, 5.41) is 2.10. The third kappa shape index (κ3) is 7.57. The number of amides is 2. The van der Waals surface area contributed by atoms with Crippen molar-refractivity contribution in [2.24, 2.45) is 11.8 Å². The molecule has 6 heteroatoms. The van der Waals surface area contributed by atoms with E-state index in [1.54, 1.807) is 16.2 Å². The zero-order chi connectivity index (χ0) is 25.5. The Morgan fingerprint density at radius 2 is 1.77 bits per heavy atom. The van der Waals surface area contributed by atoms with Crippen molar-refractivity contribution in [3.8, 4) is 5.75 Å². The smallest absolute Gasteiger partial charge is 0.242 e. The number of hydrogen-bond donors (Lipinski definition) is 0. The highest BCUT2D eigenvalue weighted by molar-refractivity contribution is 7.10. The lowest BCUT2D eigenvalue weighted by Crippen LogP contribution is -2.48. The van der Waals surface area contributed by atoms with E-state index < -0.39 is 0 Å². The largest absolute Gasteiger partial charge is 0.491 e. The predicted octanol–water partition coefficient (Wildman–Crippen LogP) is 6.30. The van der Waals surface area contributed by atoms with Crippen molar-refractivity contribution >= 4 is 23.2 Å². The Hall–Kier alpha value is -2.34. The molecule has 0 saturated carbocycles. The molecular weight excluding hydrogens is 456 g/mol. The molecule has 3 rings (SSSR count). The molecule has 1 atom stereocenters. The van der Waals surface area contributed by atoms with E-state index in [0.717, 1.165) is 18.6 Å². The van der Waals surface area contributed by atoms with Crippen LogP contribution in [0.5, 0.6) is 5.75 Å². The van der Waals surface area contributed by atoms with Gasteiger partial charge < -0.3 is 14.5 Å². The first-order valence-corrected chi connectivity index (χ1v) is 13.9. The second-order valence-electron chi connectivity index (χ2n) is 10.8. The van der Waals surface area contributed by atoms with Crippen LogP contribution in [0.2, 0.25) is 0 Å². The van der Waals surface area contributed by atoms with Crippen LogP contribution in [0, 0.1) is 11.8 Å². The molecule has 2 heterocycles. The summed E-state index contributed by atoms with van der Waals surface area (Å²) >= 11 is 1.75. The van der Waals surface area contributed by atoms with E-state index in [0.29, 0.717) is 38.0 Å². The molecule has 5 nitrogen and oxygen atoms in total. The van der Waals surface area contributed by atoms with Gasteiger partial charge in [-0.05, 0) is 65.3 Å². The standard InChI is InChI=1S/C29H42N2O3S/c1-20(2)11-14-30(28(32)17-21(3)4)18-29(33)31-15-12-27-25(13-16-35-27)26(31)19-34-24-9-7-23(8-10-24)22(5)6/h7-10,13,16,20-22,26H,11-12,14-15,17-19H2,1-6H3/t26-/m0/s1. The molecule has 0 spiro atoms. The van der Waals surface area contributed by atoms with Gasteiger partial charge in [0.15, 0.2) is 0 Å². The first kappa shape index (κ1) is 27.3. The molecule has 1 aliphatic rings. The van der Waals surface area contributed by atoms with Crippen LogP contribution < -0.4 is 4.74 Å². The van der Waals surface area contributed by atoms with E-state index in [9.17, 15) is 9.59 Å². The van der Waals surface area contributed by atoms with Gasteiger partial charge in [0.05, 0.1) is 12.6 Å². The Kier molecular flexibility index (Phi) is 9.79. The highest BCUT2D eigenvalue weighted by Gasteiger charge is 2.33. The van der Waals surface area contributed by atoms with Crippen LogP contribution in [0.15, 0.2) is 35.7 Å². The first-order valence-electron chi connectivity index (χ1n) is 13.0. The topological polar surface area (TPSA) is 49.9 Å². The SMILES string of the molecule is CC(C)CCN(CC(=O)N1CCc2sccc2[C@@H]1COc1ccc(C(C)C)cc1)C(=O)CC(C)C. The highest BCUT2D eigenvalue weighted by Crippen LogP contribution is 2.34. The summed E-state index contributed by atoms with van der Waals surface area (Å²) in [5.41, 5.74) is 2.45. The summed E-state index contributed by atoms with van der Waals surface area (Å²) in [7, 11) is 0. The summed E-state index contributed by atoms with van der Waals surface area (Å²) in [6.07, 6.45) is 2.22. The Bertz CT molecular complexity index is 965. The molecule has 1 aliphatic heterocycles. The van der Waals surface area contributed by atoms with Gasteiger partial charge in [-0.2, -0.15) is 0 Å². The lowest BCUT2D eigenvalue weighted by atomic mass is 10.00. The van der Waals surface area contributed by atoms with Crippen LogP contribution in [0.1, 0.15) is 82.3 Å². The lowest BCUT2D eigenvalue weighted by molar-refractivity contribution is -0.143. The zero-order valence-corrected chi connectivity index (χ0v) is 23.1. The highest BCUT2D eigenvalue weighted by atomic mass is 32.1. The van der Waals surface area contributed by atoms with Crippen LogP contribution in [-0.4, -0.2) is 47.9 Å². The average Bonchev–Trinajstić information content (AvgIpc) is 3.28. The minimum absolute atomic E-state index is 0.00599.